The second kappa shape index (κ2) is 6.83. The molecular weight excluding hydrogens is 356 g/mol. The number of halogens is 2. The van der Waals surface area contributed by atoms with Crippen molar-refractivity contribution in [3.05, 3.63) is 51.5 Å². The third kappa shape index (κ3) is 4.12. The Balaban J connectivity index is 1.99. The van der Waals surface area contributed by atoms with Crippen molar-refractivity contribution in [2.45, 2.75) is 6.92 Å². The smallest absolute Gasteiger partial charge is 0.262 e. The summed E-state index contributed by atoms with van der Waals surface area (Å²) in [6.45, 7) is 1.73. The van der Waals surface area contributed by atoms with Gasteiger partial charge >= 0.3 is 0 Å². The van der Waals surface area contributed by atoms with Gasteiger partial charge in [-0.2, -0.15) is 0 Å². The number of hydrogen-bond acceptors (Lipinski definition) is 3. The van der Waals surface area contributed by atoms with Crippen LogP contribution in [0, 0.1) is 6.92 Å². The predicted molar refractivity (Wildman–Crippen MR) is 88.9 cm³/mol. The van der Waals surface area contributed by atoms with E-state index in [2.05, 4.69) is 21.2 Å². The highest BCUT2D eigenvalue weighted by atomic mass is 79.9. The van der Waals surface area contributed by atoms with E-state index in [4.69, 9.17) is 22.1 Å². The van der Waals surface area contributed by atoms with E-state index in [1.54, 1.807) is 24.3 Å². The zero-order valence-corrected chi connectivity index (χ0v) is 13.7. The summed E-state index contributed by atoms with van der Waals surface area (Å²) in [6.07, 6.45) is 0. The van der Waals surface area contributed by atoms with Crippen LogP contribution in [0.25, 0.3) is 0 Å². The summed E-state index contributed by atoms with van der Waals surface area (Å²) in [5, 5.41) is 3.18. The Morgan fingerprint density at radius 1 is 1.38 bits per heavy atom. The maximum atomic E-state index is 11.9. The fourth-order valence-electron chi connectivity index (χ4n) is 1.77. The third-order valence-electron chi connectivity index (χ3n) is 2.82. The van der Waals surface area contributed by atoms with Crippen LogP contribution in [0.15, 0.2) is 40.9 Å². The highest BCUT2D eigenvalue weighted by molar-refractivity contribution is 9.10. The van der Waals surface area contributed by atoms with Crippen LogP contribution < -0.4 is 15.8 Å². The largest absolute Gasteiger partial charge is 0.482 e. The lowest BCUT2D eigenvalue weighted by molar-refractivity contribution is -0.118. The summed E-state index contributed by atoms with van der Waals surface area (Å²) in [5.41, 5.74) is 7.85. The molecule has 0 aliphatic heterocycles. The van der Waals surface area contributed by atoms with Crippen LogP contribution >= 0.6 is 27.5 Å². The number of nitrogens with two attached hydrogens (primary N) is 1. The number of nitrogens with one attached hydrogen (secondary N) is 1. The van der Waals surface area contributed by atoms with Gasteiger partial charge < -0.3 is 15.8 Å². The van der Waals surface area contributed by atoms with Gasteiger partial charge in [-0.3, -0.25) is 4.79 Å². The van der Waals surface area contributed by atoms with Crippen molar-refractivity contribution in [1.29, 1.82) is 0 Å². The minimum Gasteiger partial charge on any atom is -0.482 e. The van der Waals surface area contributed by atoms with Crippen LogP contribution in [-0.4, -0.2) is 12.5 Å². The van der Waals surface area contributed by atoms with Crippen molar-refractivity contribution in [3.63, 3.8) is 0 Å². The molecule has 6 heteroatoms. The Bertz CT molecular complexity index is 656. The molecule has 0 unspecified atom stereocenters. The Kier molecular flexibility index (Phi) is 5.09. The van der Waals surface area contributed by atoms with Crippen LogP contribution in [0.2, 0.25) is 5.02 Å². The normalized spacial score (nSPS) is 10.2. The SMILES string of the molecule is Cc1cccc(N)c1NC(=O)COc1ccc(Br)cc1Cl. The number of nitrogen functional groups attached to an aromatic ring is 1. The number of carbonyl (C=O) groups excluding carboxylic acids is 1. The second-order valence-electron chi connectivity index (χ2n) is 4.45. The zero-order valence-electron chi connectivity index (χ0n) is 11.3. The number of para-hydroxylation sites is 1. The molecular formula is C15H14BrClN2O2. The summed E-state index contributed by atoms with van der Waals surface area (Å²) in [6, 6.07) is 10.6. The average Bonchev–Trinajstić information content (AvgIpc) is 2.42. The lowest BCUT2D eigenvalue weighted by atomic mass is 10.1. The van der Waals surface area contributed by atoms with Gasteiger partial charge in [-0.15, -0.1) is 0 Å². The first-order chi connectivity index (χ1) is 9.97. The van der Waals surface area contributed by atoms with Crippen LogP contribution in [0.5, 0.6) is 5.75 Å². The number of ether oxygens (including phenoxy) is 1. The molecule has 0 aliphatic rings. The minimum atomic E-state index is -0.296. The van der Waals surface area contributed by atoms with E-state index >= 15 is 0 Å². The summed E-state index contributed by atoms with van der Waals surface area (Å²) in [5.74, 6) is 0.155. The van der Waals surface area contributed by atoms with Crippen LogP contribution in [0.1, 0.15) is 5.56 Å². The molecule has 21 heavy (non-hydrogen) atoms. The van der Waals surface area contributed by atoms with Gasteiger partial charge in [0.2, 0.25) is 0 Å². The summed E-state index contributed by atoms with van der Waals surface area (Å²) < 4.78 is 6.24. The molecule has 2 aromatic carbocycles. The third-order valence-corrected chi connectivity index (χ3v) is 3.61. The van der Waals surface area contributed by atoms with Crippen molar-refractivity contribution in [2.24, 2.45) is 0 Å². The molecule has 0 heterocycles. The number of anilines is 2. The quantitative estimate of drug-likeness (QED) is 0.800. The zero-order chi connectivity index (χ0) is 15.4. The molecule has 0 aliphatic carbocycles. The molecule has 0 fully saturated rings. The molecule has 0 bridgehead atoms. The maximum Gasteiger partial charge on any atom is 0.262 e. The summed E-state index contributed by atoms with van der Waals surface area (Å²) >= 11 is 9.32. The van der Waals surface area contributed by atoms with Gasteiger partial charge in [-0.25, -0.2) is 0 Å². The molecule has 0 saturated heterocycles. The van der Waals surface area contributed by atoms with Gasteiger partial charge in [-0.1, -0.05) is 39.7 Å². The van der Waals surface area contributed by atoms with E-state index < -0.39 is 0 Å². The predicted octanol–water partition coefficient (Wildman–Crippen LogP) is 4.01. The molecule has 4 nitrogen and oxygen atoms in total. The monoisotopic (exact) mass is 368 g/mol. The van der Waals surface area contributed by atoms with Crippen molar-refractivity contribution in [2.75, 3.05) is 17.7 Å². The first kappa shape index (κ1) is 15.7. The van der Waals surface area contributed by atoms with Gasteiger partial charge in [-0.05, 0) is 36.8 Å². The fraction of sp³-hybridized carbons (Fsp3) is 0.133. The average molecular weight is 370 g/mol. The molecule has 0 aromatic heterocycles. The van der Waals surface area contributed by atoms with E-state index in [0.717, 1.165) is 10.0 Å². The van der Waals surface area contributed by atoms with Crippen molar-refractivity contribution in [1.82, 2.24) is 0 Å². The molecule has 1 amide bonds. The van der Waals surface area contributed by atoms with E-state index in [1.165, 1.54) is 0 Å². The molecule has 0 saturated carbocycles. The van der Waals surface area contributed by atoms with E-state index in [-0.39, 0.29) is 12.5 Å². The second-order valence-corrected chi connectivity index (χ2v) is 5.77. The van der Waals surface area contributed by atoms with Crippen molar-refractivity contribution >= 4 is 44.8 Å². The Morgan fingerprint density at radius 3 is 2.81 bits per heavy atom. The lowest BCUT2D eigenvalue weighted by Gasteiger charge is -2.12. The number of carbonyl (C=O) groups is 1. The molecule has 0 atom stereocenters. The fourth-order valence-corrected chi connectivity index (χ4v) is 2.50. The Hall–Kier alpha value is -1.72. The highest BCUT2D eigenvalue weighted by Gasteiger charge is 2.10. The molecule has 2 aromatic rings. The molecule has 2 rings (SSSR count). The number of rotatable bonds is 4. The Morgan fingerprint density at radius 2 is 2.14 bits per heavy atom. The molecule has 3 N–H and O–H groups in total. The van der Waals surface area contributed by atoms with Gasteiger partial charge in [0.05, 0.1) is 16.4 Å². The van der Waals surface area contributed by atoms with E-state index in [0.29, 0.717) is 22.1 Å². The van der Waals surface area contributed by atoms with Gasteiger partial charge in [0.25, 0.3) is 5.91 Å². The van der Waals surface area contributed by atoms with Gasteiger partial charge in [0.15, 0.2) is 6.61 Å². The first-order valence-corrected chi connectivity index (χ1v) is 7.37. The lowest BCUT2D eigenvalue weighted by Crippen LogP contribution is -2.21. The Labute approximate surface area is 136 Å². The topological polar surface area (TPSA) is 64.3 Å². The number of aryl methyl sites for hydroxylation is 1. The van der Waals surface area contributed by atoms with E-state index in [1.807, 2.05) is 19.1 Å². The summed E-state index contributed by atoms with van der Waals surface area (Å²) in [4.78, 5) is 11.9. The number of hydrogen-bond donors (Lipinski definition) is 2. The standard InChI is InChI=1S/C15H14BrClN2O2/c1-9-3-2-4-12(18)15(9)19-14(20)8-21-13-6-5-10(16)7-11(13)17/h2-7H,8,18H2,1H3,(H,19,20). The molecule has 110 valence electrons. The van der Waals surface area contributed by atoms with Crippen LogP contribution in [0.3, 0.4) is 0 Å². The van der Waals surface area contributed by atoms with Gasteiger partial charge in [0.1, 0.15) is 5.75 Å². The van der Waals surface area contributed by atoms with Crippen LogP contribution in [0.4, 0.5) is 11.4 Å². The highest BCUT2D eigenvalue weighted by Crippen LogP contribution is 2.28. The van der Waals surface area contributed by atoms with Crippen molar-refractivity contribution in [3.8, 4) is 5.75 Å². The summed E-state index contributed by atoms with van der Waals surface area (Å²) in [7, 11) is 0. The number of benzene rings is 2. The van der Waals surface area contributed by atoms with Crippen molar-refractivity contribution < 1.29 is 9.53 Å². The molecule has 0 spiro atoms. The van der Waals surface area contributed by atoms with Gasteiger partial charge in [0, 0.05) is 4.47 Å². The molecule has 0 radical (unpaired) electrons. The maximum absolute atomic E-state index is 11.9. The first-order valence-electron chi connectivity index (χ1n) is 6.20. The minimum absolute atomic E-state index is 0.144. The van der Waals surface area contributed by atoms with E-state index in [9.17, 15) is 4.79 Å². The number of amides is 1. The van der Waals surface area contributed by atoms with Crippen LogP contribution in [-0.2, 0) is 4.79 Å².